The molecular formula is C28H21BN2O2S. The zero-order valence-electron chi connectivity index (χ0n) is 18.9. The molecule has 1 aromatic heterocycles. The van der Waals surface area contributed by atoms with E-state index in [1.165, 1.54) is 10.9 Å². The molecule has 4 nitrogen and oxygen atoms in total. The lowest BCUT2D eigenvalue weighted by molar-refractivity contribution is 0.465. The second kappa shape index (κ2) is 7.24. The number of hydrogen-bond donors (Lipinski definition) is 0. The molecule has 0 saturated heterocycles. The molecule has 0 bridgehead atoms. The Balaban J connectivity index is 1.34. The van der Waals surface area contributed by atoms with E-state index in [0.29, 0.717) is 0 Å². The van der Waals surface area contributed by atoms with Gasteiger partial charge in [-0.05, 0) is 60.7 Å². The van der Waals surface area contributed by atoms with Crippen LogP contribution in [0.25, 0.3) is 11.1 Å². The normalized spacial score (nSPS) is 16.5. The Bertz CT molecular complexity index is 1430. The lowest BCUT2D eigenvalue weighted by atomic mass is 9.35. The van der Waals surface area contributed by atoms with Crippen LogP contribution >= 0.6 is 11.8 Å². The third-order valence-corrected chi connectivity index (χ3v) is 8.00. The Kier molecular flexibility index (Phi) is 4.24. The third kappa shape index (κ3) is 3.09. The molecule has 3 aliphatic heterocycles. The van der Waals surface area contributed by atoms with E-state index in [2.05, 4.69) is 62.4 Å². The molecule has 0 amide bonds. The standard InChI is InChI=1S/C28H21BN2O2S/c1-28(2)16-34-27(31-28)21-12-11-17(15-30-21)18-13-24-26-25(14-18)33-23-10-6-4-8-20(23)29(26)19-7-3-5-9-22(19)32-24/h3-15H,16H2,1-2H3. The summed E-state index contributed by atoms with van der Waals surface area (Å²) in [5.41, 5.74) is 6.36. The number of fused-ring (bicyclic) bond motifs is 4. The average Bonchev–Trinajstić information content (AvgIpc) is 3.23. The SMILES string of the molecule is CC1(C)CSC(c2ccc(-c3cc4c5c(c3)Oc3ccccc3B5c3ccccc3O4)cn2)=N1. The zero-order chi connectivity index (χ0) is 22.9. The molecule has 0 N–H and O–H groups in total. The van der Waals surface area contributed by atoms with Gasteiger partial charge in [-0.1, -0.05) is 42.5 Å². The molecule has 4 heterocycles. The largest absolute Gasteiger partial charge is 0.458 e. The van der Waals surface area contributed by atoms with E-state index in [9.17, 15) is 0 Å². The molecule has 0 unspecified atom stereocenters. The second-order valence-electron chi connectivity index (χ2n) is 9.55. The van der Waals surface area contributed by atoms with Gasteiger partial charge in [0.25, 0.3) is 6.71 Å². The molecule has 0 atom stereocenters. The van der Waals surface area contributed by atoms with Gasteiger partial charge in [-0.15, -0.1) is 11.8 Å². The molecule has 0 spiro atoms. The van der Waals surface area contributed by atoms with E-state index in [1.807, 2.05) is 30.5 Å². The number of thioether (sulfide) groups is 1. The smallest absolute Gasteiger partial charge is 0.260 e. The van der Waals surface area contributed by atoms with Crippen molar-refractivity contribution in [1.29, 1.82) is 0 Å². The summed E-state index contributed by atoms with van der Waals surface area (Å²) in [6, 6.07) is 25.0. The molecule has 4 aromatic rings. The van der Waals surface area contributed by atoms with Gasteiger partial charge in [-0.25, -0.2) is 0 Å². The zero-order valence-corrected chi connectivity index (χ0v) is 19.7. The van der Waals surface area contributed by atoms with Crippen LogP contribution in [-0.2, 0) is 0 Å². The summed E-state index contributed by atoms with van der Waals surface area (Å²) in [5, 5.41) is 1.01. The molecule has 0 fully saturated rings. The number of ether oxygens (including phenoxy) is 2. The van der Waals surface area contributed by atoms with Crippen molar-refractivity contribution in [3.63, 3.8) is 0 Å². The molecule has 34 heavy (non-hydrogen) atoms. The molecule has 0 aliphatic carbocycles. The minimum atomic E-state index is -0.0285. The molecule has 0 radical (unpaired) electrons. The monoisotopic (exact) mass is 460 g/mol. The number of nitrogens with zero attached hydrogens (tertiary/aromatic N) is 2. The molecule has 7 rings (SSSR count). The van der Waals surface area contributed by atoms with Crippen molar-refractivity contribution in [2.75, 3.05) is 5.75 Å². The van der Waals surface area contributed by atoms with Crippen LogP contribution < -0.4 is 25.9 Å². The number of pyridine rings is 1. The molecule has 3 aliphatic rings. The quantitative estimate of drug-likeness (QED) is 0.350. The topological polar surface area (TPSA) is 43.7 Å². The summed E-state index contributed by atoms with van der Waals surface area (Å²) in [7, 11) is 0. The maximum atomic E-state index is 6.41. The van der Waals surface area contributed by atoms with Crippen LogP contribution in [0.5, 0.6) is 23.0 Å². The summed E-state index contributed by atoms with van der Waals surface area (Å²) in [4.78, 5) is 9.55. The second-order valence-corrected chi connectivity index (χ2v) is 10.5. The fourth-order valence-electron chi connectivity index (χ4n) is 4.97. The number of aliphatic imine (C=N–C) groups is 1. The van der Waals surface area contributed by atoms with Gasteiger partial charge < -0.3 is 9.47 Å². The van der Waals surface area contributed by atoms with Gasteiger partial charge in [-0.3, -0.25) is 9.98 Å². The third-order valence-electron chi connectivity index (χ3n) is 6.57. The van der Waals surface area contributed by atoms with Crippen LogP contribution in [0.15, 0.2) is 84.0 Å². The van der Waals surface area contributed by atoms with Gasteiger partial charge in [0.2, 0.25) is 0 Å². The van der Waals surface area contributed by atoms with Gasteiger partial charge in [0.05, 0.1) is 11.2 Å². The van der Waals surface area contributed by atoms with E-state index in [1.54, 1.807) is 11.8 Å². The van der Waals surface area contributed by atoms with E-state index >= 15 is 0 Å². The minimum absolute atomic E-state index is 0.0285. The van der Waals surface area contributed by atoms with Crippen molar-refractivity contribution in [3.8, 4) is 34.1 Å². The summed E-state index contributed by atoms with van der Waals surface area (Å²) >= 11 is 1.77. The number of para-hydroxylation sites is 2. The Morgan fingerprint density at radius 3 is 2.00 bits per heavy atom. The number of benzene rings is 3. The van der Waals surface area contributed by atoms with E-state index in [4.69, 9.17) is 19.5 Å². The van der Waals surface area contributed by atoms with Gasteiger partial charge in [0.1, 0.15) is 28.0 Å². The fraction of sp³-hybridized carbons (Fsp3) is 0.143. The van der Waals surface area contributed by atoms with E-state index in [0.717, 1.165) is 56.1 Å². The summed E-state index contributed by atoms with van der Waals surface area (Å²) in [5.74, 6) is 4.46. The predicted octanol–water partition coefficient (Wildman–Crippen LogP) is 4.75. The Labute approximate surface area is 203 Å². The number of rotatable bonds is 2. The van der Waals surface area contributed by atoms with Gasteiger partial charge in [0.15, 0.2) is 0 Å². The molecule has 6 heteroatoms. The van der Waals surface area contributed by atoms with Crippen LogP contribution in [0, 0.1) is 0 Å². The molecule has 0 saturated carbocycles. The van der Waals surface area contributed by atoms with Crippen LogP contribution in [0.4, 0.5) is 0 Å². The van der Waals surface area contributed by atoms with E-state index < -0.39 is 0 Å². The highest BCUT2D eigenvalue weighted by molar-refractivity contribution is 8.14. The molecule has 164 valence electrons. The molecule has 3 aromatic carbocycles. The highest BCUT2D eigenvalue weighted by Gasteiger charge is 2.40. The first-order chi connectivity index (χ1) is 16.6. The minimum Gasteiger partial charge on any atom is -0.458 e. The average molecular weight is 460 g/mol. The number of aromatic nitrogens is 1. The Hall–Kier alpha value is -3.51. The first-order valence-corrected chi connectivity index (χ1v) is 12.5. The van der Waals surface area contributed by atoms with Gasteiger partial charge in [0, 0.05) is 23.0 Å². The Morgan fingerprint density at radius 1 is 0.794 bits per heavy atom. The highest BCUT2D eigenvalue weighted by atomic mass is 32.2. The van der Waals surface area contributed by atoms with Crippen molar-refractivity contribution in [2.45, 2.75) is 19.4 Å². The number of hydrogen-bond acceptors (Lipinski definition) is 5. The highest BCUT2D eigenvalue weighted by Crippen LogP contribution is 2.38. The van der Waals surface area contributed by atoms with Crippen LogP contribution in [0.1, 0.15) is 19.5 Å². The fourth-order valence-corrected chi connectivity index (χ4v) is 6.10. The predicted molar refractivity (Wildman–Crippen MR) is 140 cm³/mol. The van der Waals surface area contributed by atoms with E-state index in [-0.39, 0.29) is 12.3 Å². The van der Waals surface area contributed by atoms with Crippen molar-refractivity contribution in [1.82, 2.24) is 4.98 Å². The van der Waals surface area contributed by atoms with Crippen LogP contribution in [-0.4, -0.2) is 28.0 Å². The van der Waals surface area contributed by atoms with Gasteiger partial charge in [-0.2, -0.15) is 0 Å². The maximum absolute atomic E-state index is 6.41. The lowest BCUT2D eigenvalue weighted by Crippen LogP contribution is -2.57. The van der Waals surface area contributed by atoms with Crippen molar-refractivity contribution in [3.05, 3.63) is 84.7 Å². The Morgan fingerprint density at radius 2 is 1.44 bits per heavy atom. The van der Waals surface area contributed by atoms with Crippen molar-refractivity contribution >= 4 is 39.9 Å². The maximum Gasteiger partial charge on any atom is 0.260 e. The van der Waals surface area contributed by atoms with Crippen molar-refractivity contribution in [2.24, 2.45) is 4.99 Å². The first-order valence-electron chi connectivity index (χ1n) is 11.5. The first kappa shape index (κ1) is 19.9. The van der Waals surface area contributed by atoms with Crippen LogP contribution in [0.3, 0.4) is 0 Å². The summed E-state index contributed by atoms with van der Waals surface area (Å²) < 4.78 is 12.8. The van der Waals surface area contributed by atoms with Crippen molar-refractivity contribution < 1.29 is 9.47 Å². The van der Waals surface area contributed by atoms with Crippen LogP contribution in [0.2, 0.25) is 0 Å². The summed E-state index contributed by atoms with van der Waals surface area (Å²) in [6.45, 7) is 4.41. The lowest BCUT2D eigenvalue weighted by Gasteiger charge is -2.33. The molecular weight excluding hydrogens is 439 g/mol. The summed E-state index contributed by atoms with van der Waals surface area (Å²) in [6.07, 6.45) is 1.92. The van der Waals surface area contributed by atoms with Gasteiger partial charge >= 0.3 is 0 Å².